The van der Waals surface area contributed by atoms with Gasteiger partial charge in [-0.25, -0.2) is 4.79 Å². The number of alkyl halides is 1. The number of ether oxygens (including phenoxy) is 2. The molecule has 1 aromatic rings. The zero-order valence-electron chi connectivity index (χ0n) is 9.89. The Morgan fingerprint density at radius 1 is 1.33 bits per heavy atom. The maximum absolute atomic E-state index is 11.7. The third kappa shape index (κ3) is 4.61. The summed E-state index contributed by atoms with van der Waals surface area (Å²) in [5, 5.41) is 0. The molecule has 0 aliphatic rings. The highest BCUT2D eigenvalue weighted by Gasteiger charge is 2.35. The van der Waals surface area contributed by atoms with E-state index in [4.69, 9.17) is 10.5 Å². The van der Waals surface area contributed by atoms with Gasteiger partial charge in [-0.2, -0.15) is 0 Å². The van der Waals surface area contributed by atoms with Gasteiger partial charge in [-0.3, -0.25) is 4.79 Å². The van der Waals surface area contributed by atoms with Crippen molar-refractivity contribution in [2.45, 2.75) is 16.6 Å². The van der Waals surface area contributed by atoms with Gasteiger partial charge in [-0.15, -0.1) is 0 Å². The number of methoxy groups -OCH3 is 1. The second-order valence-corrected chi connectivity index (χ2v) is 5.60. The third-order valence-corrected chi connectivity index (χ3v) is 3.00. The lowest BCUT2D eigenvalue weighted by atomic mass is 10.2. The molecule has 0 amide bonds. The molecule has 6 heteroatoms. The first-order valence-electron chi connectivity index (χ1n) is 5.21. The van der Waals surface area contributed by atoms with E-state index >= 15 is 0 Å². The minimum Gasteiger partial charge on any atom is -0.469 e. The van der Waals surface area contributed by atoms with Crippen molar-refractivity contribution in [1.82, 2.24) is 0 Å². The topological polar surface area (TPSA) is 78.6 Å². The number of benzene rings is 1. The van der Waals surface area contributed by atoms with Crippen molar-refractivity contribution < 1.29 is 19.1 Å². The van der Waals surface area contributed by atoms with E-state index in [1.54, 1.807) is 22.6 Å². The summed E-state index contributed by atoms with van der Waals surface area (Å²) in [4.78, 5) is 22.8. The average Bonchev–Trinajstić information content (AvgIpc) is 2.36. The Bertz CT molecular complexity index is 419. The Labute approximate surface area is 119 Å². The van der Waals surface area contributed by atoms with Crippen LogP contribution in [0.15, 0.2) is 30.3 Å². The van der Waals surface area contributed by atoms with Crippen molar-refractivity contribution in [3.63, 3.8) is 0 Å². The van der Waals surface area contributed by atoms with Crippen LogP contribution in [0.4, 0.5) is 0 Å². The smallest absolute Gasteiger partial charge is 0.337 e. The Kier molecular flexibility index (Phi) is 5.54. The van der Waals surface area contributed by atoms with Crippen molar-refractivity contribution in [3.8, 4) is 0 Å². The van der Waals surface area contributed by atoms with E-state index < -0.39 is 15.5 Å². The Hall–Kier alpha value is -1.15. The van der Waals surface area contributed by atoms with Gasteiger partial charge < -0.3 is 15.2 Å². The number of carbonyl (C=O) groups is 2. The number of esters is 2. The minimum atomic E-state index is -1.40. The van der Waals surface area contributed by atoms with Crippen LogP contribution in [0.5, 0.6) is 0 Å². The summed E-state index contributed by atoms with van der Waals surface area (Å²) in [6, 6.07) is 9.22. The standard InChI is InChI=1S/C12H14INO4/c1-17-10(15)7-12(13,14)11(16)18-8-9-5-3-2-4-6-9/h2-6H,7-8,14H2,1H3/t12-/m0/s1. The van der Waals surface area contributed by atoms with Crippen LogP contribution in [-0.2, 0) is 25.7 Å². The van der Waals surface area contributed by atoms with Gasteiger partial charge >= 0.3 is 11.9 Å². The minimum absolute atomic E-state index is 0.128. The van der Waals surface area contributed by atoms with E-state index in [0.717, 1.165) is 5.56 Å². The number of rotatable bonds is 5. The molecule has 0 aliphatic carbocycles. The molecular weight excluding hydrogens is 349 g/mol. The molecule has 98 valence electrons. The first kappa shape index (κ1) is 14.9. The van der Waals surface area contributed by atoms with Gasteiger partial charge in [0.05, 0.1) is 13.5 Å². The number of carbonyl (C=O) groups excluding carboxylic acids is 2. The van der Waals surface area contributed by atoms with Gasteiger partial charge in [0.1, 0.15) is 6.61 Å². The summed E-state index contributed by atoms with van der Waals surface area (Å²) in [5.41, 5.74) is 6.57. The molecule has 1 aromatic carbocycles. The Balaban J connectivity index is 2.52. The fourth-order valence-electron chi connectivity index (χ4n) is 1.20. The van der Waals surface area contributed by atoms with E-state index in [2.05, 4.69) is 4.74 Å². The normalized spacial score (nSPS) is 13.5. The molecule has 5 nitrogen and oxygen atoms in total. The zero-order chi connectivity index (χ0) is 13.6. The van der Waals surface area contributed by atoms with Crippen LogP contribution in [0.3, 0.4) is 0 Å². The lowest BCUT2D eigenvalue weighted by molar-refractivity contribution is -0.152. The number of nitrogens with two attached hydrogens (primary N) is 1. The first-order valence-corrected chi connectivity index (χ1v) is 6.29. The summed E-state index contributed by atoms with van der Waals surface area (Å²) in [6.07, 6.45) is -0.225. The number of halogens is 1. The Morgan fingerprint density at radius 2 is 1.94 bits per heavy atom. The molecule has 0 unspecified atom stereocenters. The Morgan fingerprint density at radius 3 is 2.50 bits per heavy atom. The van der Waals surface area contributed by atoms with Crippen molar-refractivity contribution in [2.24, 2.45) is 5.73 Å². The molecule has 0 spiro atoms. The van der Waals surface area contributed by atoms with Gasteiger partial charge in [0, 0.05) is 0 Å². The molecule has 0 saturated heterocycles. The molecule has 0 aliphatic heterocycles. The molecule has 0 fully saturated rings. The maximum atomic E-state index is 11.7. The van der Waals surface area contributed by atoms with Crippen LogP contribution in [0.2, 0.25) is 0 Å². The monoisotopic (exact) mass is 363 g/mol. The van der Waals surface area contributed by atoms with Gasteiger partial charge in [-0.1, -0.05) is 30.3 Å². The fraction of sp³-hybridized carbons (Fsp3) is 0.333. The van der Waals surface area contributed by atoms with Crippen LogP contribution in [-0.4, -0.2) is 22.6 Å². The fourth-order valence-corrected chi connectivity index (χ4v) is 1.66. The van der Waals surface area contributed by atoms with Gasteiger partial charge in [0.25, 0.3) is 0 Å². The van der Waals surface area contributed by atoms with Crippen LogP contribution in [0.25, 0.3) is 0 Å². The van der Waals surface area contributed by atoms with E-state index in [9.17, 15) is 9.59 Å². The van der Waals surface area contributed by atoms with Gasteiger partial charge in [0.2, 0.25) is 0 Å². The van der Waals surface area contributed by atoms with Gasteiger partial charge in [-0.05, 0) is 28.2 Å². The maximum Gasteiger partial charge on any atom is 0.337 e. The van der Waals surface area contributed by atoms with E-state index in [-0.39, 0.29) is 13.0 Å². The van der Waals surface area contributed by atoms with Crippen LogP contribution in [0.1, 0.15) is 12.0 Å². The van der Waals surface area contributed by atoms with Crippen LogP contribution >= 0.6 is 22.6 Å². The average molecular weight is 363 g/mol. The summed E-state index contributed by atoms with van der Waals surface area (Å²) >= 11 is 1.69. The van der Waals surface area contributed by atoms with Crippen LogP contribution in [0, 0.1) is 0 Å². The lowest BCUT2D eigenvalue weighted by Gasteiger charge is -2.19. The van der Waals surface area contributed by atoms with Gasteiger partial charge in [0.15, 0.2) is 3.55 Å². The van der Waals surface area contributed by atoms with Crippen molar-refractivity contribution in [3.05, 3.63) is 35.9 Å². The predicted molar refractivity (Wildman–Crippen MR) is 73.8 cm³/mol. The highest BCUT2D eigenvalue weighted by atomic mass is 127. The molecule has 1 rings (SSSR count). The zero-order valence-corrected chi connectivity index (χ0v) is 12.0. The van der Waals surface area contributed by atoms with Crippen molar-refractivity contribution >= 4 is 34.5 Å². The molecule has 0 aromatic heterocycles. The summed E-state index contributed by atoms with van der Waals surface area (Å²) < 4.78 is 8.12. The highest BCUT2D eigenvalue weighted by molar-refractivity contribution is 14.1. The molecule has 0 bridgehead atoms. The lowest BCUT2D eigenvalue weighted by Crippen LogP contribution is -2.44. The molecule has 0 radical (unpaired) electrons. The molecule has 1 atom stereocenters. The van der Waals surface area contributed by atoms with Crippen LogP contribution < -0.4 is 5.73 Å². The highest BCUT2D eigenvalue weighted by Crippen LogP contribution is 2.19. The second kappa shape index (κ2) is 6.69. The van der Waals surface area contributed by atoms with Crippen molar-refractivity contribution in [2.75, 3.05) is 7.11 Å². The number of hydrogen-bond donors (Lipinski definition) is 1. The number of hydrogen-bond acceptors (Lipinski definition) is 5. The first-order chi connectivity index (χ1) is 8.45. The summed E-state index contributed by atoms with van der Waals surface area (Å²) in [5.74, 6) is -1.19. The van der Waals surface area contributed by atoms with E-state index in [1.165, 1.54) is 7.11 Å². The molecule has 0 heterocycles. The summed E-state index contributed by atoms with van der Waals surface area (Å²) in [6.45, 7) is 0.128. The largest absolute Gasteiger partial charge is 0.469 e. The van der Waals surface area contributed by atoms with E-state index in [1.807, 2.05) is 30.3 Å². The predicted octanol–water partition coefficient (Wildman–Crippen LogP) is 1.38. The molecule has 2 N–H and O–H groups in total. The quantitative estimate of drug-likeness (QED) is 0.370. The second-order valence-electron chi connectivity index (χ2n) is 3.68. The third-order valence-electron chi connectivity index (χ3n) is 2.18. The SMILES string of the molecule is COC(=O)C[C@@](N)(I)C(=O)OCc1ccccc1. The van der Waals surface area contributed by atoms with E-state index in [0.29, 0.717) is 0 Å². The molecule has 18 heavy (non-hydrogen) atoms. The summed E-state index contributed by atoms with van der Waals surface area (Å²) in [7, 11) is 1.24. The molecular formula is C12H14INO4. The molecule has 0 saturated carbocycles. The van der Waals surface area contributed by atoms with Crippen molar-refractivity contribution in [1.29, 1.82) is 0 Å².